The van der Waals surface area contributed by atoms with Gasteiger partial charge in [0.1, 0.15) is 0 Å². The molecule has 1 N–H and O–H groups in total. The molecule has 0 aliphatic carbocycles. The monoisotopic (exact) mass is 286 g/mol. The molecule has 2 heterocycles. The third-order valence-electron chi connectivity index (χ3n) is 3.59. The number of rotatable bonds is 3. The van der Waals surface area contributed by atoms with Crippen LogP contribution in [0.2, 0.25) is 0 Å². The average Bonchev–Trinajstić information content (AvgIpc) is 2.94. The van der Waals surface area contributed by atoms with E-state index >= 15 is 0 Å². The summed E-state index contributed by atoms with van der Waals surface area (Å²) in [5, 5.41) is 3.26. The van der Waals surface area contributed by atoms with Crippen molar-refractivity contribution in [2.24, 2.45) is 0 Å². The largest absolute Gasteiger partial charge is 0.450 e. The van der Waals surface area contributed by atoms with E-state index in [1.807, 2.05) is 6.92 Å². The Morgan fingerprint density at radius 3 is 2.63 bits per heavy atom. The van der Waals surface area contributed by atoms with Crippen LogP contribution in [-0.2, 0) is 9.53 Å². The quantitative estimate of drug-likeness (QED) is 0.856. The number of thioether (sulfide) groups is 1. The van der Waals surface area contributed by atoms with E-state index in [4.69, 9.17) is 4.74 Å². The summed E-state index contributed by atoms with van der Waals surface area (Å²) < 4.78 is 4.98. The van der Waals surface area contributed by atoms with Crippen LogP contribution in [-0.4, -0.2) is 53.6 Å². The molecule has 2 aliphatic rings. The molecule has 19 heavy (non-hydrogen) atoms. The van der Waals surface area contributed by atoms with Gasteiger partial charge in [0, 0.05) is 19.1 Å². The zero-order chi connectivity index (χ0) is 13.7. The number of hydrogen-bond donors (Lipinski definition) is 1. The number of ether oxygens (including phenoxy) is 1. The second-order valence-corrected chi connectivity index (χ2v) is 6.28. The highest BCUT2D eigenvalue weighted by molar-refractivity contribution is 8.00. The number of hydrogen-bond acceptors (Lipinski definition) is 4. The van der Waals surface area contributed by atoms with Gasteiger partial charge in [-0.3, -0.25) is 4.79 Å². The molecule has 2 fully saturated rings. The van der Waals surface area contributed by atoms with Crippen LogP contribution < -0.4 is 5.32 Å². The zero-order valence-electron chi connectivity index (χ0n) is 11.4. The molecule has 0 spiro atoms. The zero-order valence-corrected chi connectivity index (χ0v) is 12.2. The van der Waals surface area contributed by atoms with Crippen LogP contribution in [0, 0.1) is 0 Å². The van der Waals surface area contributed by atoms with Crippen LogP contribution in [0.15, 0.2) is 0 Å². The van der Waals surface area contributed by atoms with E-state index in [0.717, 1.165) is 31.4 Å². The van der Waals surface area contributed by atoms with Crippen molar-refractivity contribution in [1.82, 2.24) is 10.2 Å². The Morgan fingerprint density at radius 2 is 2.05 bits per heavy atom. The maximum absolute atomic E-state index is 12.0. The first-order valence-electron chi connectivity index (χ1n) is 7.04. The summed E-state index contributed by atoms with van der Waals surface area (Å²) in [4.78, 5) is 25.3. The van der Waals surface area contributed by atoms with E-state index in [0.29, 0.717) is 19.7 Å². The van der Waals surface area contributed by atoms with Gasteiger partial charge in [-0.25, -0.2) is 4.79 Å². The molecule has 0 aromatic carbocycles. The molecular formula is C13H22N2O3S. The molecule has 6 heteroatoms. The topological polar surface area (TPSA) is 58.6 Å². The fourth-order valence-corrected chi connectivity index (χ4v) is 3.67. The molecule has 2 rings (SSSR count). The van der Waals surface area contributed by atoms with Gasteiger partial charge in [-0.2, -0.15) is 0 Å². The number of amides is 2. The Morgan fingerprint density at radius 1 is 1.32 bits per heavy atom. The normalized spacial score (nSPS) is 24.3. The van der Waals surface area contributed by atoms with Crippen molar-refractivity contribution in [1.29, 1.82) is 0 Å². The average molecular weight is 286 g/mol. The Labute approximate surface area is 118 Å². The molecule has 2 amide bonds. The summed E-state index contributed by atoms with van der Waals surface area (Å²) in [5.74, 6) is 1.27. The lowest BCUT2D eigenvalue weighted by molar-refractivity contribution is -0.121. The van der Waals surface area contributed by atoms with Crippen LogP contribution in [0.3, 0.4) is 0 Å². The molecule has 0 radical (unpaired) electrons. The molecule has 5 nitrogen and oxygen atoms in total. The minimum absolute atomic E-state index is 0.142. The van der Waals surface area contributed by atoms with Gasteiger partial charge < -0.3 is 15.0 Å². The van der Waals surface area contributed by atoms with Crippen molar-refractivity contribution in [2.75, 3.05) is 25.4 Å². The van der Waals surface area contributed by atoms with E-state index in [-0.39, 0.29) is 23.3 Å². The number of nitrogens with zero attached hydrogens (tertiary/aromatic N) is 1. The van der Waals surface area contributed by atoms with Gasteiger partial charge >= 0.3 is 6.09 Å². The number of nitrogens with one attached hydrogen (secondary N) is 1. The second kappa shape index (κ2) is 7.03. The van der Waals surface area contributed by atoms with Gasteiger partial charge in [0.15, 0.2) is 0 Å². The first-order valence-corrected chi connectivity index (χ1v) is 8.09. The standard InChI is InChI=1S/C13H22N2O3S/c1-2-18-13(17)15-7-5-10(6-8-15)14-12(16)11-4-3-9-19-11/h10-11H,2-9H2,1H3,(H,14,16). The summed E-state index contributed by atoms with van der Waals surface area (Å²) in [6.07, 6.45) is 3.55. The van der Waals surface area contributed by atoms with Crippen LogP contribution in [0.1, 0.15) is 32.6 Å². The first kappa shape index (κ1) is 14.5. The molecule has 0 bridgehead atoms. The number of likely N-dealkylation sites (tertiary alicyclic amines) is 1. The molecule has 1 atom stereocenters. The highest BCUT2D eigenvalue weighted by Gasteiger charge is 2.28. The van der Waals surface area contributed by atoms with Gasteiger partial charge in [0.2, 0.25) is 5.91 Å². The minimum atomic E-state index is -0.237. The summed E-state index contributed by atoms with van der Waals surface area (Å²) in [6.45, 7) is 3.56. The molecule has 2 saturated heterocycles. The summed E-state index contributed by atoms with van der Waals surface area (Å²) in [6, 6.07) is 0.208. The fourth-order valence-electron chi connectivity index (χ4n) is 2.50. The minimum Gasteiger partial charge on any atom is -0.450 e. The van der Waals surface area contributed by atoms with Gasteiger partial charge in [-0.05, 0) is 38.4 Å². The molecular weight excluding hydrogens is 264 g/mol. The molecule has 108 valence electrons. The third-order valence-corrected chi connectivity index (χ3v) is 4.97. The van der Waals surface area contributed by atoms with E-state index in [9.17, 15) is 9.59 Å². The number of carbonyl (C=O) groups is 2. The van der Waals surface area contributed by atoms with Crippen LogP contribution >= 0.6 is 11.8 Å². The van der Waals surface area contributed by atoms with Crippen molar-refractivity contribution in [3.63, 3.8) is 0 Å². The predicted molar refractivity (Wildman–Crippen MR) is 75.2 cm³/mol. The number of piperidine rings is 1. The summed E-state index contributed by atoms with van der Waals surface area (Å²) in [5.41, 5.74) is 0. The maximum atomic E-state index is 12.0. The van der Waals surface area contributed by atoms with Gasteiger partial charge in [0.25, 0.3) is 0 Å². The van der Waals surface area contributed by atoms with Gasteiger partial charge in [-0.15, -0.1) is 11.8 Å². The highest BCUT2D eigenvalue weighted by atomic mass is 32.2. The first-order chi connectivity index (χ1) is 9.20. The van der Waals surface area contributed by atoms with Crippen molar-refractivity contribution in [3.05, 3.63) is 0 Å². The molecule has 1 unspecified atom stereocenters. The van der Waals surface area contributed by atoms with Crippen LogP contribution in [0.4, 0.5) is 4.79 Å². The Kier molecular flexibility index (Phi) is 5.36. The molecule has 2 aliphatic heterocycles. The highest BCUT2D eigenvalue weighted by Crippen LogP contribution is 2.26. The fraction of sp³-hybridized carbons (Fsp3) is 0.846. The summed E-state index contributed by atoms with van der Waals surface area (Å²) in [7, 11) is 0. The Hall–Kier alpha value is -0.910. The third kappa shape index (κ3) is 4.03. The van der Waals surface area contributed by atoms with E-state index < -0.39 is 0 Å². The van der Waals surface area contributed by atoms with Crippen molar-refractivity contribution >= 4 is 23.8 Å². The second-order valence-electron chi connectivity index (χ2n) is 4.97. The Balaban J connectivity index is 1.71. The van der Waals surface area contributed by atoms with Crippen molar-refractivity contribution in [3.8, 4) is 0 Å². The maximum Gasteiger partial charge on any atom is 0.409 e. The lowest BCUT2D eigenvalue weighted by Crippen LogP contribution is -2.48. The molecule has 0 aromatic rings. The van der Waals surface area contributed by atoms with Gasteiger partial charge in [0.05, 0.1) is 11.9 Å². The van der Waals surface area contributed by atoms with E-state index in [1.165, 1.54) is 0 Å². The van der Waals surface area contributed by atoms with Crippen molar-refractivity contribution in [2.45, 2.75) is 43.9 Å². The SMILES string of the molecule is CCOC(=O)N1CCC(NC(=O)C2CCCS2)CC1. The molecule has 0 aromatic heterocycles. The van der Waals surface area contributed by atoms with Gasteiger partial charge in [-0.1, -0.05) is 0 Å². The van der Waals surface area contributed by atoms with Crippen molar-refractivity contribution < 1.29 is 14.3 Å². The lowest BCUT2D eigenvalue weighted by atomic mass is 10.1. The lowest BCUT2D eigenvalue weighted by Gasteiger charge is -2.32. The predicted octanol–water partition coefficient (Wildman–Crippen LogP) is 1.62. The molecule has 0 saturated carbocycles. The Bertz CT molecular complexity index is 324. The van der Waals surface area contributed by atoms with Crippen LogP contribution in [0.5, 0.6) is 0 Å². The van der Waals surface area contributed by atoms with E-state index in [2.05, 4.69) is 5.32 Å². The van der Waals surface area contributed by atoms with E-state index in [1.54, 1.807) is 16.7 Å². The number of carbonyl (C=O) groups excluding carboxylic acids is 2. The smallest absolute Gasteiger partial charge is 0.409 e. The van der Waals surface area contributed by atoms with Crippen LogP contribution in [0.25, 0.3) is 0 Å². The summed E-state index contributed by atoms with van der Waals surface area (Å²) >= 11 is 1.75.